The molecule has 0 spiro atoms. The Kier molecular flexibility index (Phi) is 5.50. The Bertz CT molecular complexity index is 1720. The van der Waals surface area contributed by atoms with Crippen LogP contribution in [0.2, 0.25) is 0 Å². The summed E-state index contributed by atoms with van der Waals surface area (Å²) in [6.45, 7) is 3.37. The molecule has 3 heterocycles. The monoisotopic (exact) mass is 531 g/mol. The molecule has 196 valence electrons. The van der Waals surface area contributed by atoms with Crippen molar-refractivity contribution < 1.29 is 13.2 Å². The Morgan fingerprint density at radius 3 is 2.42 bits per heavy atom. The van der Waals surface area contributed by atoms with E-state index in [1.165, 1.54) is 14.9 Å². The Balaban J connectivity index is 1.48. The van der Waals surface area contributed by atoms with E-state index in [-0.39, 0.29) is 17.4 Å². The first-order valence-electron chi connectivity index (χ1n) is 12.6. The molecule has 2 atom stereocenters. The number of amides is 1. The largest absolute Gasteiger partial charge is 0.349 e. The van der Waals surface area contributed by atoms with Crippen LogP contribution in [0.5, 0.6) is 0 Å². The molecule has 1 amide bonds. The molecule has 38 heavy (non-hydrogen) atoms. The van der Waals surface area contributed by atoms with Gasteiger partial charge in [0.05, 0.1) is 35.2 Å². The first-order chi connectivity index (χ1) is 18.1. The number of hydrogen-bond donors (Lipinski definition) is 1. The van der Waals surface area contributed by atoms with Crippen LogP contribution in [0.1, 0.15) is 38.3 Å². The SMILES string of the molecule is Cn1cc(-n2ncc3cc(N4[C@H](c5ccccc5)C(NC(=O)C5CC5)C(C)(C)S4(=O)=O)ccc32)ccc1=O. The Morgan fingerprint density at radius 2 is 1.74 bits per heavy atom. The van der Waals surface area contributed by atoms with Gasteiger partial charge in [-0.05, 0) is 56.5 Å². The third kappa shape index (κ3) is 3.74. The second-order valence-electron chi connectivity index (χ2n) is 10.7. The van der Waals surface area contributed by atoms with Gasteiger partial charge in [0.15, 0.2) is 0 Å². The lowest BCUT2D eigenvalue weighted by molar-refractivity contribution is -0.123. The van der Waals surface area contributed by atoms with Crippen LogP contribution in [0.4, 0.5) is 5.69 Å². The van der Waals surface area contributed by atoms with Crippen LogP contribution in [0.3, 0.4) is 0 Å². The summed E-state index contributed by atoms with van der Waals surface area (Å²) in [5.41, 5.74) is 2.68. The van der Waals surface area contributed by atoms with Crippen LogP contribution >= 0.6 is 0 Å². The van der Waals surface area contributed by atoms with Crippen LogP contribution in [0.15, 0.2) is 77.9 Å². The second-order valence-corrected chi connectivity index (χ2v) is 13.1. The molecule has 0 radical (unpaired) electrons. The van der Waals surface area contributed by atoms with Gasteiger partial charge < -0.3 is 9.88 Å². The van der Waals surface area contributed by atoms with Gasteiger partial charge in [-0.3, -0.25) is 13.9 Å². The molecule has 1 saturated heterocycles. The Morgan fingerprint density at radius 1 is 1.03 bits per heavy atom. The minimum absolute atomic E-state index is 0.0429. The molecule has 0 bridgehead atoms. The fourth-order valence-electron chi connectivity index (χ4n) is 5.29. The van der Waals surface area contributed by atoms with E-state index in [0.717, 1.165) is 35.0 Å². The van der Waals surface area contributed by atoms with Gasteiger partial charge in [-0.15, -0.1) is 0 Å². The number of aryl methyl sites for hydroxylation is 1. The number of carbonyl (C=O) groups excluding carboxylic acids is 1. The molecule has 9 nitrogen and oxygen atoms in total. The molecule has 1 aliphatic carbocycles. The number of hydrogen-bond acceptors (Lipinski definition) is 5. The van der Waals surface area contributed by atoms with Gasteiger partial charge in [0.1, 0.15) is 4.75 Å². The number of carbonyl (C=O) groups is 1. The smallest absolute Gasteiger partial charge is 0.250 e. The predicted molar refractivity (Wildman–Crippen MR) is 146 cm³/mol. The van der Waals surface area contributed by atoms with Crippen molar-refractivity contribution in [1.82, 2.24) is 19.7 Å². The summed E-state index contributed by atoms with van der Waals surface area (Å²) in [7, 11) is -2.21. The summed E-state index contributed by atoms with van der Waals surface area (Å²) in [4.78, 5) is 24.7. The number of nitrogens with zero attached hydrogens (tertiary/aromatic N) is 4. The van der Waals surface area contributed by atoms with Crippen molar-refractivity contribution >= 4 is 32.5 Å². The summed E-state index contributed by atoms with van der Waals surface area (Å²) in [5, 5.41) is 8.36. The molecule has 10 heteroatoms. The number of nitrogens with one attached hydrogen (secondary N) is 1. The quantitative estimate of drug-likeness (QED) is 0.425. The van der Waals surface area contributed by atoms with Crippen molar-refractivity contribution in [3.05, 3.63) is 89.0 Å². The summed E-state index contributed by atoms with van der Waals surface area (Å²) in [6, 6.07) is 16.8. The third-order valence-corrected chi connectivity index (χ3v) is 10.3. The lowest BCUT2D eigenvalue weighted by Gasteiger charge is -2.29. The summed E-state index contributed by atoms with van der Waals surface area (Å²) < 4.78 is 31.7. The minimum Gasteiger partial charge on any atom is -0.349 e. The highest BCUT2D eigenvalue weighted by Crippen LogP contribution is 2.48. The summed E-state index contributed by atoms with van der Waals surface area (Å²) >= 11 is 0. The Hall–Kier alpha value is -3.92. The Labute approximate surface area is 220 Å². The van der Waals surface area contributed by atoms with Crippen molar-refractivity contribution in [2.45, 2.75) is 43.5 Å². The summed E-state index contributed by atoms with van der Waals surface area (Å²) in [6.07, 6.45) is 5.06. The topological polar surface area (TPSA) is 106 Å². The highest BCUT2D eigenvalue weighted by atomic mass is 32.2. The molecule has 2 aliphatic rings. The van der Waals surface area contributed by atoms with E-state index in [4.69, 9.17) is 0 Å². The first-order valence-corrected chi connectivity index (χ1v) is 14.1. The average Bonchev–Trinajstić information content (AvgIpc) is 3.64. The van der Waals surface area contributed by atoms with Crippen molar-refractivity contribution in [1.29, 1.82) is 0 Å². The maximum atomic E-state index is 14.1. The van der Waals surface area contributed by atoms with E-state index in [1.807, 2.05) is 42.5 Å². The van der Waals surface area contributed by atoms with E-state index < -0.39 is 26.9 Å². The van der Waals surface area contributed by atoms with E-state index >= 15 is 0 Å². The molecular formula is C28H29N5O4S. The van der Waals surface area contributed by atoms with Gasteiger partial charge >= 0.3 is 0 Å². The lowest BCUT2D eigenvalue weighted by Crippen LogP contribution is -2.50. The fraction of sp³-hybridized carbons (Fsp3) is 0.321. The molecular weight excluding hydrogens is 502 g/mol. The maximum Gasteiger partial charge on any atom is 0.250 e. The third-order valence-electron chi connectivity index (χ3n) is 7.75. The standard InChI is InChI=1S/C28H29N5O4S/c1-28(2)26(30-27(35)19-9-10-19)25(18-7-5-4-6-8-18)33(38(28,36)37)21-11-13-23-20(15-21)16-29-32(23)22-12-14-24(34)31(3)17-22/h4-8,11-17,19,25-26H,9-10H2,1-3H3,(H,30,35)/t25-,26?/m1/s1. The molecule has 2 aromatic heterocycles. The lowest BCUT2D eigenvalue weighted by atomic mass is 9.90. The first kappa shape index (κ1) is 24.4. The number of pyridine rings is 1. The maximum absolute atomic E-state index is 14.1. The van der Waals surface area contributed by atoms with Gasteiger partial charge in [0, 0.05) is 30.6 Å². The van der Waals surface area contributed by atoms with E-state index in [1.54, 1.807) is 50.1 Å². The fourth-order valence-corrected chi connectivity index (χ4v) is 7.24. The van der Waals surface area contributed by atoms with Gasteiger partial charge in [-0.1, -0.05) is 30.3 Å². The van der Waals surface area contributed by atoms with E-state index in [2.05, 4.69) is 10.4 Å². The van der Waals surface area contributed by atoms with Gasteiger partial charge in [0.2, 0.25) is 21.5 Å². The number of benzene rings is 2. The van der Waals surface area contributed by atoms with Crippen LogP contribution in [0, 0.1) is 5.92 Å². The number of fused-ring (bicyclic) bond motifs is 1. The predicted octanol–water partition coefficient (Wildman–Crippen LogP) is 3.29. The van der Waals surface area contributed by atoms with Crippen molar-refractivity contribution in [2.24, 2.45) is 13.0 Å². The molecule has 6 rings (SSSR count). The number of aromatic nitrogens is 3. The average molecular weight is 532 g/mol. The highest BCUT2D eigenvalue weighted by Gasteiger charge is 2.60. The normalized spacial score (nSPS) is 22.0. The highest BCUT2D eigenvalue weighted by molar-refractivity contribution is 7.94. The van der Waals surface area contributed by atoms with Crippen LogP contribution in [-0.4, -0.2) is 39.5 Å². The van der Waals surface area contributed by atoms with Crippen molar-refractivity contribution in [2.75, 3.05) is 4.31 Å². The van der Waals surface area contributed by atoms with E-state index in [0.29, 0.717) is 5.69 Å². The molecule has 2 fully saturated rings. The molecule has 4 aromatic rings. The number of sulfonamides is 1. The van der Waals surface area contributed by atoms with Crippen molar-refractivity contribution in [3.63, 3.8) is 0 Å². The minimum atomic E-state index is -3.89. The molecule has 1 aliphatic heterocycles. The van der Waals surface area contributed by atoms with Crippen molar-refractivity contribution in [3.8, 4) is 5.69 Å². The summed E-state index contributed by atoms with van der Waals surface area (Å²) in [5.74, 6) is -0.131. The number of anilines is 1. The zero-order valence-electron chi connectivity index (χ0n) is 21.4. The van der Waals surface area contributed by atoms with Gasteiger partial charge in [-0.2, -0.15) is 5.10 Å². The van der Waals surface area contributed by atoms with Crippen LogP contribution in [-0.2, 0) is 21.9 Å². The number of rotatable bonds is 5. The van der Waals surface area contributed by atoms with Crippen LogP contribution in [0.25, 0.3) is 16.6 Å². The van der Waals surface area contributed by atoms with Gasteiger partial charge in [0.25, 0.3) is 0 Å². The molecule has 1 N–H and O–H groups in total. The van der Waals surface area contributed by atoms with Gasteiger partial charge in [-0.25, -0.2) is 13.1 Å². The van der Waals surface area contributed by atoms with Crippen LogP contribution < -0.4 is 15.2 Å². The second kappa shape index (κ2) is 8.56. The van der Waals surface area contributed by atoms with E-state index in [9.17, 15) is 18.0 Å². The molecule has 1 unspecified atom stereocenters. The molecule has 2 aromatic carbocycles. The molecule has 1 saturated carbocycles. The zero-order valence-corrected chi connectivity index (χ0v) is 22.2. The zero-order chi connectivity index (χ0) is 26.8.